The summed E-state index contributed by atoms with van der Waals surface area (Å²) in [5.41, 5.74) is 11.7. The first-order valence-electron chi connectivity index (χ1n) is 21.5. The molecule has 0 aliphatic carbocycles. The number of morpholine rings is 1. The number of benzene rings is 2. The highest BCUT2D eigenvalue weighted by Crippen LogP contribution is 2.38. The molecule has 324 valence electrons. The number of ether oxygens (including phenoxy) is 1. The van der Waals surface area contributed by atoms with Crippen molar-refractivity contribution in [1.29, 1.82) is 0 Å². The first-order valence-corrected chi connectivity index (χ1v) is 21.5. The maximum absolute atomic E-state index is 16.5. The number of piperidine rings is 2. The minimum atomic E-state index is -1.38. The highest BCUT2D eigenvalue weighted by molar-refractivity contribution is 6.06. The minimum absolute atomic E-state index is 0.00191. The van der Waals surface area contributed by atoms with Gasteiger partial charge in [-0.25, -0.2) is 14.2 Å². The van der Waals surface area contributed by atoms with Crippen molar-refractivity contribution in [2.75, 3.05) is 68.0 Å². The molecule has 0 unspecified atom stereocenters. The molecule has 4 fully saturated rings. The number of aryl methyl sites for hydroxylation is 2. The summed E-state index contributed by atoms with van der Waals surface area (Å²) in [6, 6.07) is 16.6. The number of urea groups is 1. The number of aromatic hydroxyl groups is 1. The Morgan fingerprint density at radius 3 is 2.53 bits per heavy atom. The number of aromatic nitrogens is 4. The summed E-state index contributed by atoms with van der Waals surface area (Å²) in [7, 11) is 0. The smallest absolute Gasteiger partial charge is 0.328 e. The molecule has 2 aromatic carbocycles. The molecule has 62 heavy (non-hydrogen) atoms. The lowest BCUT2D eigenvalue weighted by atomic mass is 9.90. The number of hydrogen-bond donors (Lipinski definition) is 3. The number of nitrogen functional groups attached to an aromatic ring is 1. The zero-order valence-corrected chi connectivity index (χ0v) is 35.4. The van der Waals surface area contributed by atoms with Gasteiger partial charge in [0.25, 0.3) is 5.91 Å². The van der Waals surface area contributed by atoms with Gasteiger partial charge in [0.2, 0.25) is 5.91 Å². The van der Waals surface area contributed by atoms with E-state index in [9.17, 15) is 19.5 Å². The van der Waals surface area contributed by atoms with Gasteiger partial charge in [0, 0.05) is 99.9 Å². The Bertz CT molecular complexity index is 2530. The number of carbonyl (C=O) groups excluding carboxylic acids is 3. The van der Waals surface area contributed by atoms with E-state index in [-0.39, 0.29) is 60.8 Å². The third-order valence-corrected chi connectivity index (χ3v) is 13.2. The molecule has 16 heteroatoms. The summed E-state index contributed by atoms with van der Waals surface area (Å²) in [5.74, 6) is 0.0453. The van der Waals surface area contributed by atoms with Crippen molar-refractivity contribution in [3.63, 3.8) is 0 Å². The van der Waals surface area contributed by atoms with Gasteiger partial charge >= 0.3 is 6.03 Å². The lowest BCUT2D eigenvalue weighted by Gasteiger charge is -2.41. The first-order chi connectivity index (χ1) is 29.8. The Hall–Kier alpha value is -6.13. The lowest BCUT2D eigenvalue weighted by molar-refractivity contribution is -0.120. The third kappa shape index (κ3) is 8.04. The molecule has 0 spiro atoms. The molecule has 0 bridgehead atoms. The van der Waals surface area contributed by atoms with E-state index in [0.29, 0.717) is 67.5 Å². The van der Waals surface area contributed by atoms with Crippen LogP contribution in [0.15, 0.2) is 67.0 Å². The van der Waals surface area contributed by atoms with Crippen LogP contribution in [0.2, 0.25) is 0 Å². The average Bonchev–Trinajstić information content (AvgIpc) is 3.69. The van der Waals surface area contributed by atoms with Crippen LogP contribution in [-0.2, 0) is 9.53 Å². The summed E-state index contributed by atoms with van der Waals surface area (Å²) in [5, 5.41) is 22.2. The second-order valence-electron chi connectivity index (χ2n) is 17.4. The van der Waals surface area contributed by atoms with E-state index >= 15 is 4.39 Å². The van der Waals surface area contributed by atoms with Crippen molar-refractivity contribution in [2.45, 2.75) is 76.7 Å². The molecule has 4 saturated heterocycles. The van der Waals surface area contributed by atoms with Gasteiger partial charge in [0.15, 0.2) is 5.82 Å². The number of nitrogens with one attached hydrogen (secondary N) is 1. The summed E-state index contributed by atoms with van der Waals surface area (Å²) < 4.78 is 25.0. The molecule has 15 nitrogen and oxygen atoms in total. The predicted octanol–water partition coefficient (Wildman–Crippen LogP) is 6.09. The molecular weight excluding hydrogens is 792 g/mol. The third-order valence-electron chi connectivity index (χ3n) is 13.2. The number of carbonyl (C=O) groups is 3. The molecule has 9 rings (SSSR count). The molecule has 0 saturated carbocycles. The van der Waals surface area contributed by atoms with Crippen molar-refractivity contribution in [2.24, 2.45) is 0 Å². The van der Waals surface area contributed by atoms with E-state index in [2.05, 4.69) is 36.8 Å². The maximum atomic E-state index is 16.5. The van der Waals surface area contributed by atoms with Crippen LogP contribution in [0, 0.1) is 13.8 Å². The van der Waals surface area contributed by atoms with Crippen LogP contribution in [0.3, 0.4) is 0 Å². The van der Waals surface area contributed by atoms with E-state index in [0.717, 1.165) is 53.7 Å². The number of hydrogen-bond acceptors (Lipinski definition) is 11. The number of nitrogens with zero attached hydrogens (tertiary/aromatic N) is 8. The van der Waals surface area contributed by atoms with Gasteiger partial charge < -0.3 is 34.8 Å². The number of fused-ring (bicyclic) bond motifs is 1. The number of imide groups is 1. The number of phenolic OH excluding ortho intramolecular Hbond substituents is 1. The molecule has 4 N–H and O–H groups in total. The van der Waals surface area contributed by atoms with Gasteiger partial charge in [0.05, 0.1) is 29.9 Å². The van der Waals surface area contributed by atoms with Gasteiger partial charge in [0.1, 0.15) is 23.2 Å². The van der Waals surface area contributed by atoms with Crippen LogP contribution in [-0.4, -0.2) is 117 Å². The predicted molar refractivity (Wildman–Crippen MR) is 234 cm³/mol. The quantitative estimate of drug-likeness (QED) is 0.165. The number of rotatable bonds is 8. The van der Waals surface area contributed by atoms with Gasteiger partial charge in [-0.15, -0.1) is 10.2 Å². The number of para-hydroxylation sites is 1. The molecular formula is C46H53FN10O5. The summed E-state index contributed by atoms with van der Waals surface area (Å²) >= 11 is 0. The number of likely N-dealkylation sites (tertiary alicyclic amines) is 2. The van der Waals surface area contributed by atoms with Crippen molar-refractivity contribution < 1.29 is 28.6 Å². The monoisotopic (exact) mass is 844 g/mol. The Labute approximate surface area is 359 Å². The van der Waals surface area contributed by atoms with Crippen LogP contribution < -0.4 is 20.9 Å². The van der Waals surface area contributed by atoms with Crippen molar-refractivity contribution in [3.8, 4) is 17.0 Å². The van der Waals surface area contributed by atoms with E-state index in [4.69, 9.17) is 15.5 Å². The van der Waals surface area contributed by atoms with E-state index in [1.165, 1.54) is 4.90 Å². The van der Waals surface area contributed by atoms with Crippen molar-refractivity contribution >= 4 is 46.1 Å². The fraction of sp³-hybridized carbons (Fsp3) is 0.435. The first kappa shape index (κ1) is 41.2. The second kappa shape index (κ2) is 16.6. The normalized spacial score (nSPS) is 21.4. The number of pyridine rings is 1. The molecule has 3 aromatic heterocycles. The molecule has 0 radical (unpaired) electrons. The number of halogens is 1. The largest absolute Gasteiger partial charge is 0.507 e. The lowest BCUT2D eigenvalue weighted by Crippen LogP contribution is -2.51. The number of anilines is 3. The van der Waals surface area contributed by atoms with Crippen molar-refractivity contribution in [1.82, 2.24) is 34.9 Å². The summed E-state index contributed by atoms with van der Waals surface area (Å²) in [6.07, 6.45) is 5.97. The van der Waals surface area contributed by atoms with Crippen LogP contribution in [0.4, 0.5) is 26.4 Å². The highest BCUT2D eigenvalue weighted by atomic mass is 19.1. The van der Waals surface area contributed by atoms with Gasteiger partial charge in [-0.1, -0.05) is 18.2 Å². The van der Waals surface area contributed by atoms with Gasteiger partial charge in [-0.2, -0.15) is 0 Å². The Morgan fingerprint density at radius 2 is 1.77 bits per heavy atom. The molecule has 2 atom stereocenters. The van der Waals surface area contributed by atoms with Crippen LogP contribution in [0.1, 0.15) is 78.2 Å². The molecule has 5 aromatic rings. The van der Waals surface area contributed by atoms with E-state index < -0.39 is 11.7 Å². The van der Waals surface area contributed by atoms with E-state index in [1.54, 1.807) is 29.3 Å². The van der Waals surface area contributed by atoms with Gasteiger partial charge in [-0.05, 0) is 86.7 Å². The maximum Gasteiger partial charge on any atom is 0.328 e. The van der Waals surface area contributed by atoms with E-state index in [1.807, 2.05) is 56.4 Å². The number of amides is 4. The number of phenols is 1. The average molecular weight is 845 g/mol. The summed E-state index contributed by atoms with van der Waals surface area (Å²) in [4.78, 5) is 50.4. The molecule has 4 aliphatic rings. The molecule has 7 heterocycles. The Kier molecular flexibility index (Phi) is 11.1. The Balaban J connectivity index is 0.797. The van der Waals surface area contributed by atoms with Crippen LogP contribution in [0.25, 0.3) is 22.3 Å². The topological polar surface area (TPSA) is 175 Å². The van der Waals surface area contributed by atoms with Crippen LogP contribution >= 0.6 is 0 Å². The second-order valence-corrected chi connectivity index (χ2v) is 17.4. The zero-order valence-electron chi connectivity index (χ0n) is 35.4. The molecule has 4 aliphatic heterocycles. The fourth-order valence-corrected chi connectivity index (χ4v) is 9.62. The standard InChI is InChI=1S/C46H53FN10O5/c1-28-21-36(29(2)20-35(28)40-25-57(30(3)26-62-40)38-23-37(51-52-42(38)48)34-6-4-5-7-39(34)58)44(60)54-18-12-46(47,13-19-54)27-53-14-9-32(10-15-53)55-16-8-31-22-33(24-49-43(31)55)56-17-11-41(59)50-45(56)61/h4-8,16,20-24,30,32,40,58H,9-15,17-19,25-27H2,1-3H3,(H2,48,52)(H,50,59,61)/t30-,40+/m1/s1. The number of nitrogens with two attached hydrogens (primary N) is 1. The van der Waals surface area contributed by atoms with Gasteiger partial charge in [-0.3, -0.25) is 19.8 Å². The zero-order chi connectivity index (χ0) is 43.3. The summed E-state index contributed by atoms with van der Waals surface area (Å²) in [6.45, 7) is 9.85. The SMILES string of the molecule is Cc1cc([C@@H]2CN(c3cc(-c4ccccc4O)nnc3N)[C@H](C)CO2)c(C)cc1C(=O)N1CCC(F)(CN2CCC(n3ccc4cc(N5CCC(=O)NC5=O)cnc43)CC2)CC1. The fourth-order valence-electron chi connectivity index (χ4n) is 9.62. The minimum Gasteiger partial charge on any atom is -0.507 e. The number of alkyl halides is 1. The highest BCUT2D eigenvalue weighted by Gasteiger charge is 2.39. The van der Waals surface area contributed by atoms with Crippen molar-refractivity contribution in [3.05, 3.63) is 89.2 Å². The van der Waals surface area contributed by atoms with Crippen LogP contribution in [0.5, 0.6) is 5.75 Å². The molecule has 4 amide bonds. The Morgan fingerprint density at radius 1 is 1.00 bits per heavy atom.